The second kappa shape index (κ2) is 7.98. The molecule has 0 radical (unpaired) electrons. The topological polar surface area (TPSA) is 98.7 Å². The first-order chi connectivity index (χ1) is 11.0. The van der Waals surface area contributed by atoms with E-state index in [0.29, 0.717) is 39.1 Å². The number of carbonyl (C=O) groups is 1. The first kappa shape index (κ1) is 17.3. The summed E-state index contributed by atoms with van der Waals surface area (Å²) >= 11 is 0. The van der Waals surface area contributed by atoms with E-state index in [1.54, 1.807) is 4.90 Å². The van der Waals surface area contributed by atoms with E-state index >= 15 is 0 Å². The van der Waals surface area contributed by atoms with Crippen LogP contribution < -0.4 is 5.73 Å². The molecule has 1 fully saturated rings. The first-order valence-electron chi connectivity index (χ1n) is 7.58. The second-order valence-electron chi connectivity index (χ2n) is 5.42. The van der Waals surface area contributed by atoms with Crippen molar-refractivity contribution in [3.8, 4) is 0 Å². The van der Waals surface area contributed by atoms with Gasteiger partial charge >= 0.3 is 0 Å². The number of amides is 1. The van der Waals surface area contributed by atoms with E-state index in [-0.39, 0.29) is 11.7 Å². The van der Waals surface area contributed by atoms with Gasteiger partial charge in [0.15, 0.2) is 0 Å². The summed E-state index contributed by atoms with van der Waals surface area (Å²) < 4.78 is 18.8. The van der Waals surface area contributed by atoms with Crippen LogP contribution in [-0.4, -0.2) is 48.1 Å². The summed E-state index contributed by atoms with van der Waals surface area (Å²) in [5, 5.41) is 11.0. The van der Waals surface area contributed by atoms with Crippen molar-refractivity contribution in [2.24, 2.45) is 5.73 Å². The molecule has 0 aliphatic carbocycles. The van der Waals surface area contributed by atoms with Crippen LogP contribution in [0.5, 0.6) is 0 Å². The van der Waals surface area contributed by atoms with Gasteiger partial charge in [-0.25, -0.2) is 4.39 Å². The summed E-state index contributed by atoms with van der Waals surface area (Å²) in [5.41, 5.74) is 4.82. The zero-order valence-electron chi connectivity index (χ0n) is 12.7. The summed E-state index contributed by atoms with van der Waals surface area (Å²) in [4.78, 5) is 24.3. The van der Waals surface area contributed by atoms with Gasteiger partial charge in [-0.05, 0) is 37.9 Å². The second-order valence-corrected chi connectivity index (χ2v) is 5.42. The van der Waals surface area contributed by atoms with Gasteiger partial charge in [0.05, 0.1) is 17.1 Å². The Bertz CT molecular complexity index is 574. The normalized spacial score (nSPS) is 15.7. The lowest BCUT2D eigenvalue weighted by atomic mass is 10.1. The third kappa shape index (κ3) is 4.46. The van der Waals surface area contributed by atoms with E-state index in [0.717, 1.165) is 18.6 Å². The van der Waals surface area contributed by atoms with Crippen LogP contribution >= 0.6 is 0 Å². The van der Waals surface area contributed by atoms with Gasteiger partial charge in [0.25, 0.3) is 11.6 Å². The van der Waals surface area contributed by atoms with Gasteiger partial charge in [-0.2, -0.15) is 0 Å². The molecule has 1 heterocycles. The Morgan fingerprint density at radius 1 is 1.43 bits per heavy atom. The quantitative estimate of drug-likeness (QED) is 0.487. The van der Waals surface area contributed by atoms with Gasteiger partial charge in [0.1, 0.15) is 11.4 Å². The number of hydrogen-bond acceptors (Lipinski definition) is 5. The third-order valence-electron chi connectivity index (χ3n) is 3.82. The average Bonchev–Trinajstić information content (AvgIpc) is 2.55. The van der Waals surface area contributed by atoms with E-state index < -0.39 is 22.3 Å². The van der Waals surface area contributed by atoms with Crippen molar-refractivity contribution < 1.29 is 18.8 Å². The van der Waals surface area contributed by atoms with Crippen molar-refractivity contribution in [1.29, 1.82) is 0 Å². The molecule has 1 aromatic carbocycles. The standard InChI is InChI=1S/C15H20FN3O4/c16-11-2-3-13(14(10-11)19(21)22)15(20)18-7-4-12(5-8-18)23-9-1-6-17/h2-3,10,12H,1,4-9,17H2. The molecule has 126 valence electrons. The van der Waals surface area contributed by atoms with E-state index in [1.807, 2.05) is 0 Å². The Hall–Kier alpha value is -2.06. The Morgan fingerprint density at radius 2 is 2.13 bits per heavy atom. The largest absolute Gasteiger partial charge is 0.378 e. The maximum absolute atomic E-state index is 13.2. The minimum Gasteiger partial charge on any atom is -0.378 e. The molecule has 2 rings (SSSR count). The number of ether oxygens (including phenoxy) is 1. The Balaban J connectivity index is 1.99. The van der Waals surface area contributed by atoms with Gasteiger partial charge in [-0.3, -0.25) is 14.9 Å². The predicted molar refractivity (Wildman–Crippen MR) is 81.6 cm³/mol. The smallest absolute Gasteiger partial charge is 0.285 e. The first-order valence-corrected chi connectivity index (χ1v) is 7.58. The van der Waals surface area contributed by atoms with Crippen molar-refractivity contribution in [3.05, 3.63) is 39.7 Å². The number of rotatable bonds is 6. The minimum absolute atomic E-state index is 0.0776. The number of nitrogens with zero attached hydrogens (tertiary/aromatic N) is 2. The number of benzene rings is 1. The number of halogens is 1. The number of nitro groups is 1. The molecule has 2 N–H and O–H groups in total. The molecule has 8 heteroatoms. The van der Waals surface area contributed by atoms with Crippen LogP contribution in [0, 0.1) is 15.9 Å². The Labute approximate surface area is 133 Å². The van der Waals surface area contributed by atoms with Gasteiger partial charge in [0, 0.05) is 19.7 Å². The summed E-state index contributed by atoms with van der Waals surface area (Å²) in [6.45, 7) is 2.09. The maximum atomic E-state index is 13.2. The highest BCUT2D eigenvalue weighted by Gasteiger charge is 2.28. The van der Waals surface area contributed by atoms with Crippen molar-refractivity contribution in [2.45, 2.75) is 25.4 Å². The Morgan fingerprint density at radius 3 is 2.74 bits per heavy atom. The summed E-state index contributed by atoms with van der Waals surface area (Å²) in [7, 11) is 0. The number of likely N-dealkylation sites (tertiary alicyclic amines) is 1. The molecular weight excluding hydrogens is 305 g/mol. The van der Waals surface area contributed by atoms with E-state index in [9.17, 15) is 19.3 Å². The molecule has 0 saturated carbocycles. The fourth-order valence-electron chi connectivity index (χ4n) is 2.57. The lowest BCUT2D eigenvalue weighted by Gasteiger charge is -2.32. The van der Waals surface area contributed by atoms with E-state index in [2.05, 4.69) is 0 Å². The van der Waals surface area contributed by atoms with Crippen LogP contribution in [0.4, 0.5) is 10.1 Å². The third-order valence-corrected chi connectivity index (χ3v) is 3.82. The number of nitrogens with two attached hydrogens (primary N) is 1. The Kier molecular flexibility index (Phi) is 6.00. The highest BCUT2D eigenvalue weighted by atomic mass is 19.1. The molecule has 0 unspecified atom stereocenters. The molecule has 1 aliphatic heterocycles. The van der Waals surface area contributed by atoms with Crippen LogP contribution in [0.25, 0.3) is 0 Å². The van der Waals surface area contributed by atoms with Gasteiger partial charge in [0.2, 0.25) is 0 Å². The lowest BCUT2D eigenvalue weighted by molar-refractivity contribution is -0.385. The molecular formula is C15H20FN3O4. The lowest BCUT2D eigenvalue weighted by Crippen LogP contribution is -2.41. The van der Waals surface area contributed by atoms with E-state index in [4.69, 9.17) is 10.5 Å². The van der Waals surface area contributed by atoms with Gasteiger partial charge < -0.3 is 15.4 Å². The summed E-state index contributed by atoms with van der Waals surface area (Å²) in [6, 6.07) is 3.00. The maximum Gasteiger partial charge on any atom is 0.285 e. The monoisotopic (exact) mass is 325 g/mol. The molecule has 1 aromatic rings. The molecule has 0 aromatic heterocycles. The average molecular weight is 325 g/mol. The van der Waals surface area contributed by atoms with Crippen LogP contribution in [0.2, 0.25) is 0 Å². The van der Waals surface area contributed by atoms with E-state index in [1.165, 1.54) is 6.07 Å². The number of nitro benzene ring substituents is 1. The van der Waals surface area contributed by atoms with Crippen LogP contribution in [0.15, 0.2) is 18.2 Å². The number of hydrogen-bond donors (Lipinski definition) is 1. The minimum atomic E-state index is -0.737. The fraction of sp³-hybridized carbons (Fsp3) is 0.533. The molecule has 23 heavy (non-hydrogen) atoms. The van der Waals surface area contributed by atoms with Gasteiger partial charge in [-0.1, -0.05) is 0 Å². The molecule has 0 atom stereocenters. The number of carbonyl (C=O) groups excluding carboxylic acids is 1. The molecule has 1 saturated heterocycles. The molecule has 1 aliphatic rings. The highest BCUT2D eigenvalue weighted by Crippen LogP contribution is 2.23. The number of piperidine rings is 1. The molecule has 1 amide bonds. The van der Waals surface area contributed by atoms with Crippen LogP contribution in [0.1, 0.15) is 29.6 Å². The zero-order valence-corrected chi connectivity index (χ0v) is 12.7. The predicted octanol–water partition coefficient (Wildman–Crippen LogP) is 1.70. The van der Waals surface area contributed by atoms with Crippen molar-refractivity contribution >= 4 is 11.6 Å². The molecule has 7 nitrogen and oxygen atoms in total. The highest BCUT2D eigenvalue weighted by molar-refractivity contribution is 5.98. The SMILES string of the molecule is NCCCOC1CCN(C(=O)c2ccc(F)cc2[N+](=O)[O-])CC1. The van der Waals surface area contributed by atoms with Crippen molar-refractivity contribution in [2.75, 3.05) is 26.2 Å². The molecule has 0 spiro atoms. The molecule has 0 bridgehead atoms. The van der Waals surface area contributed by atoms with Crippen LogP contribution in [0.3, 0.4) is 0 Å². The summed E-state index contributed by atoms with van der Waals surface area (Å²) in [6.07, 6.45) is 2.21. The van der Waals surface area contributed by atoms with Crippen molar-refractivity contribution in [3.63, 3.8) is 0 Å². The zero-order chi connectivity index (χ0) is 16.8. The summed E-state index contributed by atoms with van der Waals surface area (Å²) in [5.74, 6) is -1.18. The van der Waals surface area contributed by atoms with Gasteiger partial charge in [-0.15, -0.1) is 0 Å². The van der Waals surface area contributed by atoms with Crippen LogP contribution in [-0.2, 0) is 4.74 Å². The fourth-order valence-corrected chi connectivity index (χ4v) is 2.57. The van der Waals surface area contributed by atoms with Crippen molar-refractivity contribution in [1.82, 2.24) is 4.90 Å².